The van der Waals surface area contributed by atoms with Crippen LogP contribution < -0.4 is 10.9 Å². The number of halogens is 3. The van der Waals surface area contributed by atoms with Crippen molar-refractivity contribution >= 4 is 34.6 Å². The highest BCUT2D eigenvalue weighted by Gasteiger charge is 2.34. The van der Waals surface area contributed by atoms with Crippen molar-refractivity contribution in [3.63, 3.8) is 0 Å². The van der Waals surface area contributed by atoms with Gasteiger partial charge in [0.25, 0.3) is 5.56 Å². The highest BCUT2D eigenvalue weighted by atomic mass is 32.2. The van der Waals surface area contributed by atoms with Crippen LogP contribution >= 0.6 is 11.8 Å². The van der Waals surface area contributed by atoms with Gasteiger partial charge < -0.3 is 4.42 Å². The highest BCUT2D eigenvalue weighted by Crippen LogP contribution is 2.34. The van der Waals surface area contributed by atoms with E-state index in [2.05, 4.69) is 20.5 Å². The number of anilines is 1. The molecule has 2 aromatic heterocycles. The van der Waals surface area contributed by atoms with Crippen molar-refractivity contribution < 1.29 is 22.4 Å². The van der Waals surface area contributed by atoms with E-state index < -0.39 is 23.2 Å². The number of fused-ring (bicyclic) bond motifs is 1. The van der Waals surface area contributed by atoms with Gasteiger partial charge in [0, 0.05) is 5.92 Å². The molecule has 0 atom stereocenters. The first-order valence-electron chi connectivity index (χ1n) is 10.1. The number of benzene rings is 2. The summed E-state index contributed by atoms with van der Waals surface area (Å²) in [4.78, 5) is 30.0. The number of nitrogens with zero attached hydrogens (tertiary/aromatic N) is 4. The maximum atomic E-state index is 13.7. The summed E-state index contributed by atoms with van der Waals surface area (Å²) < 4.78 is 47.3. The Labute approximate surface area is 195 Å². The molecule has 0 radical (unpaired) electrons. The fraction of sp³-hybridized carbons (Fsp3) is 0.227. The Morgan fingerprint density at radius 3 is 2.53 bits per heavy atom. The minimum atomic E-state index is -4.70. The molecule has 2 heterocycles. The smallest absolute Gasteiger partial charge is 0.408 e. The highest BCUT2D eigenvalue weighted by molar-refractivity contribution is 7.99. The predicted octanol–water partition coefficient (Wildman–Crippen LogP) is 4.64. The van der Waals surface area contributed by atoms with Gasteiger partial charge in [0.2, 0.25) is 11.8 Å². The number of para-hydroxylation sites is 2. The molecule has 0 saturated carbocycles. The molecular weight excluding hydrogens is 471 g/mol. The minimum Gasteiger partial charge on any atom is -0.408 e. The average molecular weight is 489 g/mol. The molecule has 0 saturated heterocycles. The lowest BCUT2D eigenvalue weighted by atomic mass is 10.1. The number of thioether (sulfide) groups is 1. The van der Waals surface area contributed by atoms with E-state index in [-0.39, 0.29) is 33.9 Å². The van der Waals surface area contributed by atoms with Crippen LogP contribution in [0.3, 0.4) is 0 Å². The number of aromatic nitrogens is 4. The SMILES string of the molecule is CC(C)c1nnc(NC(=O)CSc2nc3ccccc3c(=O)n2-c2ccccc2C(F)(F)F)o1. The van der Waals surface area contributed by atoms with E-state index in [1.807, 2.05) is 13.8 Å². The van der Waals surface area contributed by atoms with Gasteiger partial charge in [-0.2, -0.15) is 13.2 Å². The fourth-order valence-electron chi connectivity index (χ4n) is 3.13. The topological polar surface area (TPSA) is 103 Å². The van der Waals surface area contributed by atoms with Crippen molar-refractivity contribution in [1.29, 1.82) is 0 Å². The lowest BCUT2D eigenvalue weighted by Gasteiger charge is -2.17. The Balaban J connectivity index is 1.71. The first-order valence-corrected chi connectivity index (χ1v) is 11.1. The maximum absolute atomic E-state index is 13.7. The molecule has 2 aromatic carbocycles. The molecule has 1 amide bonds. The summed E-state index contributed by atoms with van der Waals surface area (Å²) in [5.74, 6) is -0.505. The molecule has 0 aliphatic heterocycles. The van der Waals surface area contributed by atoms with Crippen LogP contribution in [0.1, 0.15) is 31.2 Å². The van der Waals surface area contributed by atoms with Gasteiger partial charge in [-0.25, -0.2) is 4.98 Å². The molecule has 176 valence electrons. The van der Waals surface area contributed by atoms with Gasteiger partial charge >= 0.3 is 12.2 Å². The van der Waals surface area contributed by atoms with Gasteiger partial charge in [0.05, 0.1) is 27.9 Å². The van der Waals surface area contributed by atoms with Crippen LogP contribution in [0.2, 0.25) is 0 Å². The number of nitrogens with one attached hydrogen (secondary N) is 1. The number of carbonyl (C=O) groups excluding carboxylic acids is 1. The van der Waals surface area contributed by atoms with Crippen molar-refractivity contribution in [2.75, 3.05) is 11.1 Å². The number of alkyl halides is 3. The third-order valence-corrected chi connectivity index (χ3v) is 5.65. The zero-order valence-electron chi connectivity index (χ0n) is 18.0. The second-order valence-corrected chi connectivity index (χ2v) is 8.45. The van der Waals surface area contributed by atoms with E-state index in [1.54, 1.807) is 18.2 Å². The van der Waals surface area contributed by atoms with Gasteiger partial charge in [-0.05, 0) is 24.3 Å². The summed E-state index contributed by atoms with van der Waals surface area (Å²) in [5, 5.41) is 10.1. The monoisotopic (exact) mass is 489 g/mol. The molecule has 0 spiro atoms. The van der Waals surface area contributed by atoms with Crippen molar-refractivity contribution in [3.05, 3.63) is 70.3 Å². The largest absolute Gasteiger partial charge is 0.418 e. The summed E-state index contributed by atoms with van der Waals surface area (Å²) in [6, 6.07) is 10.9. The van der Waals surface area contributed by atoms with Crippen molar-refractivity contribution in [3.8, 4) is 5.69 Å². The number of amides is 1. The molecule has 0 aliphatic rings. The zero-order valence-corrected chi connectivity index (χ0v) is 18.8. The van der Waals surface area contributed by atoms with Crippen molar-refractivity contribution in [2.24, 2.45) is 0 Å². The third-order valence-electron chi connectivity index (χ3n) is 4.71. The molecular formula is C22H18F3N5O3S. The molecule has 4 aromatic rings. The van der Waals surface area contributed by atoms with Crippen molar-refractivity contribution in [1.82, 2.24) is 19.7 Å². The zero-order chi connectivity index (χ0) is 24.5. The Kier molecular flexibility index (Phi) is 6.42. The van der Waals surface area contributed by atoms with Crippen LogP contribution in [0.25, 0.3) is 16.6 Å². The lowest BCUT2D eigenvalue weighted by molar-refractivity contribution is -0.137. The summed E-state index contributed by atoms with van der Waals surface area (Å²) in [6.45, 7) is 3.69. The van der Waals surface area contributed by atoms with E-state index in [9.17, 15) is 22.8 Å². The molecule has 4 rings (SSSR count). The summed E-state index contributed by atoms with van der Waals surface area (Å²) in [7, 11) is 0. The van der Waals surface area contributed by atoms with Crippen LogP contribution in [0, 0.1) is 0 Å². The minimum absolute atomic E-state index is 0.0301. The normalized spacial score (nSPS) is 11.8. The Morgan fingerprint density at radius 1 is 1.12 bits per heavy atom. The molecule has 0 fully saturated rings. The number of rotatable bonds is 6. The first-order chi connectivity index (χ1) is 16.1. The van der Waals surface area contributed by atoms with E-state index in [4.69, 9.17) is 4.42 Å². The number of hydrogen-bond acceptors (Lipinski definition) is 7. The van der Waals surface area contributed by atoms with Gasteiger partial charge in [-0.15, -0.1) is 5.10 Å². The van der Waals surface area contributed by atoms with Gasteiger partial charge in [-0.3, -0.25) is 19.5 Å². The second-order valence-electron chi connectivity index (χ2n) is 7.50. The quantitative estimate of drug-likeness (QED) is 0.311. The maximum Gasteiger partial charge on any atom is 0.418 e. The lowest BCUT2D eigenvalue weighted by Crippen LogP contribution is -2.25. The molecule has 0 unspecified atom stereocenters. The molecule has 34 heavy (non-hydrogen) atoms. The van der Waals surface area contributed by atoms with Gasteiger partial charge in [0.15, 0.2) is 5.16 Å². The van der Waals surface area contributed by atoms with Crippen LogP contribution in [-0.4, -0.2) is 31.4 Å². The van der Waals surface area contributed by atoms with Crippen LogP contribution in [0.5, 0.6) is 0 Å². The predicted molar refractivity (Wildman–Crippen MR) is 120 cm³/mol. The standard InChI is InChI=1S/C22H18F3N5O3S/c1-12(2)18-28-29-20(33-18)27-17(31)11-34-21-26-15-9-5-3-7-13(15)19(32)30(21)16-10-6-4-8-14(16)22(23,24)25/h3-10,12H,11H2,1-2H3,(H,27,29,31). The Morgan fingerprint density at radius 2 is 1.82 bits per heavy atom. The molecule has 8 nitrogen and oxygen atoms in total. The van der Waals surface area contributed by atoms with E-state index in [0.717, 1.165) is 22.4 Å². The van der Waals surface area contributed by atoms with Crippen LogP contribution in [-0.2, 0) is 11.0 Å². The van der Waals surface area contributed by atoms with Gasteiger partial charge in [-0.1, -0.05) is 55.0 Å². The van der Waals surface area contributed by atoms with E-state index in [0.29, 0.717) is 11.4 Å². The molecule has 12 heteroatoms. The number of hydrogen-bond donors (Lipinski definition) is 1. The van der Waals surface area contributed by atoms with Gasteiger partial charge in [0.1, 0.15) is 0 Å². The molecule has 0 aliphatic carbocycles. The Bertz CT molecular complexity index is 1410. The Hall–Kier alpha value is -3.67. The van der Waals surface area contributed by atoms with Crippen LogP contribution in [0.4, 0.5) is 19.2 Å². The summed E-state index contributed by atoms with van der Waals surface area (Å²) in [6.07, 6.45) is -4.70. The summed E-state index contributed by atoms with van der Waals surface area (Å²) in [5.41, 5.74) is -1.74. The van der Waals surface area contributed by atoms with E-state index in [1.165, 1.54) is 24.3 Å². The van der Waals surface area contributed by atoms with E-state index >= 15 is 0 Å². The van der Waals surface area contributed by atoms with Crippen LogP contribution in [0.15, 0.2) is 62.9 Å². The summed E-state index contributed by atoms with van der Waals surface area (Å²) >= 11 is 0.813. The first kappa shape index (κ1) is 23.5. The molecule has 1 N–H and O–H groups in total. The average Bonchev–Trinajstić information content (AvgIpc) is 3.26. The fourth-order valence-corrected chi connectivity index (χ4v) is 3.94. The molecule has 0 bridgehead atoms. The number of carbonyl (C=O) groups is 1. The second kappa shape index (κ2) is 9.29. The third kappa shape index (κ3) is 4.81. The van der Waals surface area contributed by atoms with Crippen molar-refractivity contribution in [2.45, 2.75) is 31.1 Å².